The summed E-state index contributed by atoms with van der Waals surface area (Å²) in [6, 6.07) is 0. The van der Waals surface area contributed by atoms with Gasteiger partial charge in [-0.15, -0.1) is 0 Å². The zero-order chi connectivity index (χ0) is 10.2. The molecule has 76 valence electrons. The van der Waals surface area contributed by atoms with Crippen molar-refractivity contribution in [1.82, 2.24) is 5.32 Å². The highest BCUT2D eigenvalue weighted by atomic mass is 79.9. The molecule has 0 fully saturated rings. The molecule has 3 heteroatoms. The largest absolute Gasteiger partial charge is 0.396 e. The van der Waals surface area contributed by atoms with Crippen molar-refractivity contribution in [2.75, 3.05) is 6.61 Å². The average molecular weight is 256 g/mol. The Morgan fingerprint density at radius 1 is 1.57 bits per heavy atom. The summed E-state index contributed by atoms with van der Waals surface area (Å²) in [6.07, 6.45) is 7.95. The van der Waals surface area contributed by atoms with E-state index in [2.05, 4.69) is 40.3 Å². The summed E-state index contributed by atoms with van der Waals surface area (Å²) in [5.41, 5.74) is 2.59. The molecule has 2 nitrogen and oxygen atoms in total. The van der Waals surface area contributed by atoms with E-state index < -0.39 is 0 Å². The molecule has 1 heterocycles. The number of hydrogen-bond donors (Lipinski definition) is 2. The number of halogens is 1. The average Bonchev–Trinajstić information content (AvgIpc) is 2.43. The van der Waals surface area contributed by atoms with Gasteiger partial charge in [-0.05, 0) is 35.9 Å². The van der Waals surface area contributed by atoms with Crippen LogP contribution in [0.3, 0.4) is 0 Å². The van der Waals surface area contributed by atoms with Crippen molar-refractivity contribution in [3.63, 3.8) is 0 Å². The third-order valence-electron chi connectivity index (χ3n) is 3.04. The van der Waals surface area contributed by atoms with Crippen LogP contribution in [-0.2, 0) is 0 Å². The lowest BCUT2D eigenvalue weighted by atomic mass is 9.75. The first-order valence-corrected chi connectivity index (χ1v) is 5.60. The van der Waals surface area contributed by atoms with Crippen LogP contribution in [0.25, 0.3) is 0 Å². The predicted octanol–water partition coefficient (Wildman–Crippen LogP) is 2.43. The molecule has 0 spiro atoms. The van der Waals surface area contributed by atoms with E-state index in [-0.39, 0.29) is 12.0 Å². The molecular weight excluding hydrogens is 242 g/mol. The fourth-order valence-electron chi connectivity index (χ4n) is 2.14. The van der Waals surface area contributed by atoms with Crippen LogP contribution in [0.5, 0.6) is 0 Å². The maximum Gasteiger partial charge on any atom is 0.0469 e. The van der Waals surface area contributed by atoms with Gasteiger partial charge in [0.1, 0.15) is 0 Å². The third kappa shape index (κ3) is 1.44. The van der Waals surface area contributed by atoms with Gasteiger partial charge in [-0.1, -0.05) is 22.0 Å². The van der Waals surface area contributed by atoms with E-state index in [1.165, 1.54) is 15.8 Å². The summed E-state index contributed by atoms with van der Waals surface area (Å²) in [6.45, 7) is 2.44. The van der Waals surface area contributed by atoms with Gasteiger partial charge >= 0.3 is 0 Å². The molecule has 2 rings (SSSR count). The lowest BCUT2D eigenvalue weighted by Gasteiger charge is -2.31. The fourth-order valence-corrected chi connectivity index (χ4v) is 2.83. The smallest absolute Gasteiger partial charge is 0.0469 e. The Bertz CT molecular complexity index is 343. The quantitative estimate of drug-likeness (QED) is 0.795. The molecule has 0 aromatic carbocycles. The molecule has 0 bridgehead atoms. The molecule has 0 aromatic heterocycles. The highest BCUT2D eigenvalue weighted by molar-refractivity contribution is 9.11. The lowest BCUT2D eigenvalue weighted by Crippen LogP contribution is -2.24. The number of fused-ring (bicyclic) bond motifs is 1. The van der Waals surface area contributed by atoms with E-state index in [4.69, 9.17) is 5.11 Å². The molecular formula is C11H14BrNO. The Balaban J connectivity index is 2.29. The number of nitrogens with one attached hydrogen (secondary N) is 1. The van der Waals surface area contributed by atoms with Crippen molar-refractivity contribution in [3.05, 3.63) is 34.1 Å². The minimum atomic E-state index is 0.0658. The normalized spacial score (nSPS) is 30.1. The maximum absolute atomic E-state index is 8.98. The Morgan fingerprint density at radius 2 is 2.36 bits per heavy atom. The van der Waals surface area contributed by atoms with Gasteiger partial charge in [0.15, 0.2) is 0 Å². The highest BCUT2D eigenvalue weighted by Crippen LogP contribution is 2.47. The van der Waals surface area contributed by atoms with Crippen LogP contribution in [0.15, 0.2) is 34.1 Å². The first-order chi connectivity index (χ1) is 6.66. The van der Waals surface area contributed by atoms with E-state index in [1.54, 1.807) is 0 Å². The molecule has 0 radical (unpaired) electrons. The molecule has 0 amide bonds. The van der Waals surface area contributed by atoms with Crippen LogP contribution in [0.4, 0.5) is 0 Å². The second-order valence-corrected chi connectivity index (χ2v) is 5.01. The lowest BCUT2D eigenvalue weighted by molar-refractivity contribution is 0.288. The van der Waals surface area contributed by atoms with Crippen molar-refractivity contribution in [3.8, 4) is 0 Å². The molecule has 2 N–H and O–H groups in total. The van der Waals surface area contributed by atoms with Gasteiger partial charge in [-0.25, -0.2) is 0 Å². The zero-order valence-electron chi connectivity index (χ0n) is 8.18. The van der Waals surface area contributed by atoms with Crippen molar-refractivity contribution in [1.29, 1.82) is 0 Å². The Morgan fingerprint density at radius 3 is 3.07 bits per heavy atom. The topological polar surface area (TPSA) is 32.3 Å². The van der Waals surface area contributed by atoms with Crippen molar-refractivity contribution in [2.45, 2.75) is 19.8 Å². The number of aliphatic hydroxyl groups is 1. The monoisotopic (exact) mass is 255 g/mol. The van der Waals surface area contributed by atoms with Gasteiger partial charge in [0, 0.05) is 23.9 Å². The minimum absolute atomic E-state index is 0.0658. The van der Waals surface area contributed by atoms with Crippen LogP contribution < -0.4 is 5.32 Å². The van der Waals surface area contributed by atoms with Gasteiger partial charge in [-0.3, -0.25) is 0 Å². The molecule has 0 saturated carbocycles. The van der Waals surface area contributed by atoms with Gasteiger partial charge in [0.25, 0.3) is 0 Å². The molecule has 1 unspecified atom stereocenters. The van der Waals surface area contributed by atoms with Crippen molar-refractivity contribution in [2.24, 2.45) is 5.41 Å². The minimum Gasteiger partial charge on any atom is -0.396 e. The van der Waals surface area contributed by atoms with Gasteiger partial charge < -0.3 is 10.4 Å². The molecule has 0 saturated heterocycles. The maximum atomic E-state index is 8.98. The first-order valence-electron chi connectivity index (χ1n) is 4.80. The molecule has 1 atom stereocenters. The van der Waals surface area contributed by atoms with Crippen LogP contribution in [0, 0.1) is 5.41 Å². The SMILES string of the molecule is CC12CC(Br)=CC=C1NC=C2CCO. The van der Waals surface area contributed by atoms with E-state index in [9.17, 15) is 0 Å². The van der Waals surface area contributed by atoms with Crippen LogP contribution in [-0.4, -0.2) is 11.7 Å². The van der Waals surface area contributed by atoms with Crippen molar-refractivity contribution >= 4 is 15.9 Å². The summed E-state index contributed by atoms with van der Waals surface area (Å²) >= 11 is 3.54. The van der Waals surface area contributed by atoms with E-state index in [0.717, 1.165) is 12.8 Å². The first kappa shape index (κ1) is 9.99. The summed E-state index contributed by atoms with van der Waals surface area (Å²) in [5, 5.41) is 12.3. The van der Waals surface area contributed by atoms with Crippen LogP contribution in [0.1, 0.15) is 19.8 Å². The molecule has 0 aromatic rings. The fraction of sp³-hybridized carbons (Fsp3) is 0.455. The van der Waals surface area contributed by atoms with E-state index >= 15 is 0 Å². The number of aliphatic hydroxyl groups excluding tert-OH is 1. The zero-order valence-corrected chi connectivity index (χ0v) is 9.76. The van der Waals surface area contributed by atoms with Gasteiger partial charge in [0.2, 0.25) is 0 Å². The molecule has 1 aliphatic heterocycles. The highest BCUT2D eigenvalue weighted by Gasteiger charge is 2.38. The summed E-state index contributed by atoms with van der Waals surface area (Å²) < 4.78 is 1.22. The van der Waals surface area contributed by atoms with Crippen molar-refractivity contribution < 1.29 is 5.11 Å². The number of hydrogen-bond acceptors (Lipinski definition) is 2. The molecule has 14 heavy (non-hydrogen) atoms. The standard InChI is InChI=1S/C11H14BrNO/c1-11-6-9(12)2-3-10(11)13-7-8(11)4-5-14/h2-3,7,13-14H,4-6H2,1H3. The van der Waals surface area contributed by atoms with Crippen LogP contribution in [0.2, 0.25) is 0 Å². The summed E-state index contributed by atoms with van der Waals surface area (Å²) in [4.78, 5) is 0. The summed E-state index contributed by atoms with van der Waals surface area (Å²) in [5.74, 6) is 0. The second kappa shape index (κ2) is 3.55. The second-order valence-electron chi connectivity index (χ2n) is 3.99. The predicted molar refractivity (Wildman–Crippen MR) is 60.7 cm³/mol. The Kier molecular flexibility index (Phi) is 2.54. The summed E-state index contributed by atoms with van der Waals surface area (Å²) in [7, 11) is 0. The Labute approximate surface area is 92.5 Å². The number of allylic oxidation sites excluding steroid dienone is 4. The van der Waals surface area contributed by atoms with Gasteiger partial charge in [0.05, 0.1) is 0 Å². The molecule has 2 aliphatic rings. The van der Waals surface area contributed by atoms with E-state index in [1.807, 2.05) is 6.20 Å². The molecule has 1 aliphatic carbocycles. The van der Waals surface area contributed by atoms with E-state index in [0.29, 0.717) is 0 Å². The van der Waals surface area contributed by atoms with Crippen LogP contribution >= 0.6 is 15.9 Å². The third-order valence-corrected chi connectivity index (χ3v) is 3.58. The Hall–Kier alpha value is -0.540. The van der Waals surface area contributed by atoms with Gasteiger partial charge in [-0.2, -0.15) is 0 Å². The number of rotatable bonds is 2.